The van der Waals surface area contributed by atoms with Crippen LogP contribution in [0.1, 0.15) is 28.0 Å². The van der Waals surface area contributed by atoms with Crippen molar-refractivity contribution >= 4 is 11.6 Å². The molecule has 3 rings (SSSR count). The van der Waals surface area contributed by atoms with E-state index in [1.165, 1.54) is 0 Å². The lowest BCUT2D eigenvalue weighted by Crippen LogP contribution is -2.16. The highest BCUT2D eigenvalue weighted by Gasteiger charge is 2.18. The minimum atomic E-state index is -0.251. The molecule has 0 saturated carbocycles. The number of anilines is 1. The van der Waals surface area contributed by atoms with E-state index in [1.54, 1.807) is 12.3 Å². The van der Waals surface area contributed by atoms with Crippen LogP contribution < -0.4 is 14.8 Å². The summed E-state index contributed by atoms with van der Waals surface area (Å²) in [7, 11) is 0. The molecule has 2 heterocycles. The molecule has 1 amide bonds. The predicted octanol–water partition coefficient (Wildman–Crippen LogP) is 3.11. The number of hydrogen-bond donors (Lipinski definition) is 1. The second kappa shape index (κ2) is 6.05. The third kappa shape index (κ3) is 2.88. The molecule has 5 heteroatoms. The van der Waals surface area contributed by atoms with Crippen LogP contribution >= 0.6 is 0 Å². The van der Waals surface area contributed by atoms with E-state index in [-0.39, 0.29) is 5.91 Å². The molecule has 0 unspecified atom stereocenters. The third-order valence-electron chi connectivity index (χ3n) is 3.45. The van der Waals surface area contributed by atoms with Gasteiger partial charge in [0.1, 0.15) is 5.69 Å². The Labute approximate surface area is 129 Å². The smallest absolute Gasteiger partial charge is 0.274 e. The summed E-state index contributed by atoms with van der Waals surface area (Å²) in [5, 5.41) is 2.87. The molecule has 1 aromatic carbocycles. The maximum atomic E-state index is 12.4. The van der Waals surface area contributed by atoms with Gasteiger partial charge in [-0.25, -0.2) is 0 Å². The van der Waals surface area contributed by atoms with Gasteiger partial charge in [-0.1, -0.05) is 12.1 Å². The van der Waals surface area contributed by atoms with E-state index < -0.39 is 0 Å². The molecule has 114 valence electrons. The molecular weight excluding hydrogens is 280 g/mol. The van der Waals surface area contributed by atoms with E-state index >= 15 is 0 Å². The summed E-state index contributed by atoms with van der Waals surface area (Å²) in [6.45, 7) is 5.01. The zero-order valence-electron chi connectivity index (χ0n) is 12.7. The number of hydrogen-bond acceptors (Lipinski definition) is 4. The molecule has 0 saturated heterocycles. The Morgan fingerprint density at radius 1 is 1.23 bits per heavy atom. The van der Waals surface area contributed by atoms with Crippen molar-refractivity contribution in [3.8, 4) is 11.5 Å². The van der Waals surface area contributed by atoms with Gasteiger partial charge in [-0.3, -0.25) is 9.78 Å². The largest absolute Gasteiger partial charge is 0.489 e. The quantitative estimate of drug-likeness (QED) is 0.925. The Balaban J connectivity index is 1.88. The number of carbonyl (C=O) groups is 1. The topological polar surface area (TPSA) is 60.5 Å². The van der Waals surface area contributed by atoms with Crippen molar-refractivity contribution in [3.63, 3.8) is 0 Å². The molecule has 1 aromatic heterocycles. The van der Waals surface area contributed by atoms with Crippen LogP contribution in [0.3, 0.4) is 0 Å². The lowest BCUT2D eigenvalue weighted by atomic mass is 10.1. The van der Waals surface area contributed by atoms with Crippen LogP contribution in [0.4, 0.5) is 5.69 Å². The molecule has 0 atom stereocenters. The van der Waals surface area contributed by atoms with Crippen LogP contribution in [0.15, 0.2) is 30.5 Å². The zero-order valence-corrected chi connectivity index (χ0v) is 12.7. The van der Waals surface area contributed by atoms with Gasteiger partial charge in [-0.05, 0) is 37.1 Å². The zero-order chi connectivity index (χ0) is 15.5. The maximum absolute atomic E-state index is 12.4. The van der Waals surface area contributed by atoms with Gasteiger partial charge in [0, 0.05) is 12.6 Å². The van der Waals surface area contributed by atoms with E-state index in [0.29, 0.717) is 36.1 Å². The number of fused-ring (bicyclic) bond motifs is 1. The normalized spacial score (nSPS) is 13.4. The highest BCUT2D eigenvalue weighted by molar-refractivity contribution is 6.04. The molecule has 0 fully saturated rings. The van der Waals surface area contributed by atoms with Gasteiger partial charge >= 0.3 is 0 Å². The first-order valence-electron chi connectivity index (χ1n) is 7.28. The Kier molecular flexibility index (Phi) is 3.96. The Morgan fingerprint density at radius 2 is 2.05 bits per heavy atom. The van der Waals surface area contributed by atoms with Crippen LogP contribution in [0.25, 0.3) is 0 Å². The lowest BCUT2D eigenvalue weighted by molar-refractivity contribution is 0.102. The summed E-state index contributed by atoms with van der Waals surface area (Å²) in [5.74, 6) is 0.987. The monoisotopic (exact) mass is 298 g/mol. The van der Waals surface area contributed by atoms with Gasteiger partial charge in [0.2, 0.25) is 0 Å². The summed E-state index contributed by atoms with van der Waals surface area (Å²) in [4.78, 5) is 16.7. The van der Waals surface area contributed by atoms with E-state index in [9.17, 15) is 4.79 Å². The first-order valence-corrected chi connectivity index (χ1v) is 7.28. The molecule has 1 aliphatic rings. The van der Waals surface area contributed by atoms with Crippen LogP contribution in [0.2, 0.25) is 0 Å². The summed E-state index contributed by atoms with van der Waals surface area (Å²) in [6, 6.07) is 7.41. The first kappa shape index (κ1) is 14.4. The average molecular weight is 298 g/mol. The fourth-order valence-electron chi connectivity index (χ4n) is 2.43. The van der Waals surface area contributed by atoms with Gasteiger partial charge in [0.05, 0.1) is 18.9 Å². The lowest BCUT2D eigenvalue weighted by Gasteiger charge is -2.13. The second-order valence-electron chi connectivity index (χ2n) is 5.32. The predicted molar refractivity (Wildman–Crippen MR) is 83.7 cm³/mol. The highest BCUT2D eigenvalue weighted by atomic mass is 16.5. The number of nitrogens with one attached hydrogen (secondary N) is 1. The Bertz CT molecular complexity index is 713. The molecule has 1 N–H and O–H groups in total. The number of pyridine rings is 1. The van der Waals surface area contributed by atoms with E-state index in [1.807, 2.05) is 32.0 Å². The minimum Gasteiger partial charge on any atom is -0.489 e. The number of aromatic nitrogens is 1. The van der Waals surface area contributed by atoms with Crippen LogP contribution in [0, 0.1) is 13.8 Å². The summed E-state index contributed by atoms with van der Waals surface area (Å²) < 4.78 is 11.3. The minimum absolute atomic E-state index is 0.251. The molecule has 0 aliphatic carbocycles. The van der Waals surface area contributed by atoms with Crippen molar-refractivity contribution < 1.29 is 14.3 Å². The van der Waals surface area contributed by atoms with Gasteiger partial charge in [-0.15, -0.1) is 0 Å². The summed E-state index contributed by atoms with van der Waals surface area (Å²) in [5.41, 5.74) is 2.89. The van der Waals surface area contributed by atoms with Crippen molar-refractivity contribution in [3.05, 3.63) is 47.3 Å². The van der Waals surface area contributed by atoms with Crippen molar-refractivity contribution in [2.45, 2.75) is 20.3 Å². The van der Waals surface area contributed by atoms with Crippen LogP contribution in [-0.2, 0) is 0 Å². The van der Waals surface area contributed by atoms with Gasteiger partial charge in [-0.2, -0.15) is 0 Å². The molecule has 2 aromatic rings. The molecule has 1 aliphatic heterocycles. The van der Waals surface area contributed by atoms with E-state index in [4.69, 9.17) is 9.47 Å². The van der Waals surface area contributed by atoms with Gasteiger partial charge in [0.25, 0.3) is 5.91 Å². The van der Waals surface area contributed by atoms with Gasteiger partial charge < -0.3 is 14.8 Å². The van der Waals surface area contributed by atoms with Crippen molar-refractivity contribution in [2.24, 2.45) is 0 Å². The number of carbonyl (C=O) groups excluding carboxylic acids is 1. The maximum Gasteiger partial charge on any atom is 0.274 e. The number of aryl methyl sites for hydroxylation is 2. The number of rotatable bonds is 2. The SMILES string of the molecule is Cc1cnc(C(=O)Nc2cccc3c2OCCCO3)c(C)c1. The van der Waals surface area contributed by atoms with E-state index in [0.717, 1.165) is 17.5 Å². The second-order valence-corrected chi connectivity index (χ2v) is 5.32. The highest BCUT2D eigenvalue weighted by Crippen LogP contribution is 2.37. The number of benzene rings is 1. The fourth-order valence-corrected chi connectivity index (χ4v) is 2.43. The molecular formula is C17H18N2O3. The van der Waals surface area contributed by atoms with E-state index in [2.05, 4.69) is 10.3 Å². The van der Waals surface area contributed by atoms with Crippen molar-refractivity contribution in [1.82, 2.24) is 4.98 Å². The summed E-state index contributed by atoms with van der Waals surface area (Å²) >= 11 is 0. The standard InChI is InChI=1S/C17H18N2O3/c1-11-9-12(2)15(18-10-11)17(20)19-13-5-3-6-14-16(13)22-8-4-7-21-14/h3,5-6,9-10H,4,7-8H2,1-2H3,(H,19,20). The number of nitrogens with zero attached hydrogens (tertiary/aromatic N) is 1. The number of ether oxygens (including phenoxy) is 2. The van der Waals surface area contributed by atoms with Crippen molar-refractivity contribution in [1.29, 1.82) is 0 Å². The van der Waals surface area contributed by atoms with Gasteiger partial charge in [0.15, 0.2) is 11.5 Å². The van der Waals surface area contributed by atoms with Crippen LogP contribution in [0.5, 0.6) is 11.5 Å². The average Bonchev–Trinajstić information content (AvgIpc) is 2.73. The number of para-hydroxylation sites is 1. The number of amides is 1. The Morgan fingerprint density at radius 3 is 2.86 bits per heavy atom. The molecule has 0 radical (unpaired) electrons. The Hall–Kier alpha value is -2.56. The molecule has 5 nitrogen and oxygen atoms in total. The summed E-state index contributed by atoms with van der Waals surface area (Å²) in [6.07, 6.45) is 2.51. The van der Waals surface area contributed by atoms with Crippen molar-refractivity contribution in [2.75, 3.05) is 18.5 Å². The molecule has 0 spiro atoms. The first-order chi connectivity index (χ1) is 10.6. The molecule has 0 bridgehead atoms. The third-order valence-corrected chi connectivity index (χ3v) is 3.45. The molecule has 22 heavy (non-hydrogen) atoms. The van der Waals surface area contributed by atoms with Crippen LogP contribution in [-0.4, -0.2) is 24.1 Å². The fraction of sp³-hybridized carbons (Fsp3) is 0.294.